The summed E-state index contributed by atoms with van der Waals surface area (Å²) in [4.78, 5) is 0. The number of halogens is 3. The molecule has 3 nitrogen and oxygen atoms in total. The fourth-order valence-corrected chi connectivity index (χ4v) is 3.78. The summed E-state index contributed by atoms with van der Waals surface area (Å²) in [5, 5.41) is 4.65. The van der Waals surface area contributed by atoms with Crippen LogP contribution in [0.15, 0.2) is 34.8 Å². The Labute approximate surface area is 180 Å². The lowest BCUT2D eigenvalue weighted by Crippen LogP contribution is -2.15. The van der Waals surface area contributed by atoms with E-state index in [9.17, 15) is 0 Å². The summed E-state index contributed by atoms with van der Waals surface area (Å²) in [6.07, 6.45) is 3.66. The molecule has 0 heterocycles. The molecule has 2 rings (SSSR count). The standard InChI is InChI=1S/C21H26BrCl2NO2/c1-3-5-6-10-25-13-15-11-17(22)21(20(12-15)26-4-2)27-14-16-18(23)8-7-9-19(16)24/h7-9,11-12,25H,3-6,10,13-14H2,1-2H3. The van der Waals surface area contributed by atoms with Gasteiger partial charge in [0.05, 0.1) is 11.1 Å². The maximum absolute atomic E-state index is 6.24. The Morgan fingerprint density at radius 1 is 1.04 bits per heavy atom. The number of nitrogens with one attached hydrogen (secondary N) is 1. The third-order valence-corrected chi connectivity index (χ3v) is 5.38. The van der Waals surface area contributed by atoms with Gasteiger partial charge in [-0.2, -0.15) is 0 Å². The Balaban J connectivity index is 2.10. The Bertz CT molecular complexity index is 720. The molecule has 0 amide bonds. The summed E-state index contributed by atoms with van der Waals surface area (Å²) >= 11 is 16.1. The minimum Gasteiger partial charge on any atom is -0.490 e. The summed E-state index contributed by atoms with van der Waals surface area (Å²) in [6, 6.07) is 9.50. The van der Waals surface area contributed by atoms with E-state index in [-0.39, 0.29) is 6.61 Å². The number of benzene rings is 2. The number of rotatable bonds is 11. The van der Waals surface area contributed by atoms with E-state index in [0.29, 0.717) is 28.2 Å². The zero-order valence-corrected chi connectivity index (χ0v) is 18.9. The zero-order valence-electron chi connectivity index (χ0n) is 15.8. The number of hydrogen-bond acceptors (Lipinski definition) is 3. The molecule has 0 saturated carbocycles. The maximum Gasteiger partial charge on any atom is 0.175 e. The van der Waals surface area contributed by atoms with Gasteiger partial charge in [0.25, 0.3) is 0 Å². The second-order valence-electron chi connectivity index (χ2n) is 6.21. The molecule has 148 valence electrons. The van der Waals surface area contributed by atoms with Crippen molar-refractivity contribution >= 4 is 39.1 Å². The molecule has 0 aliphatic heterocycles. The first-order valence-electron chi connectivity index (χ1n) is 9.28. The predicted molar refractivity (Wildman–Crippen MR) is 117 cm³/mol. The Hall–Kier alpha value is -0.940. The molecule has 0 bridgehead atoms. The van der Waals surface area contributed by atoms with E-state index >= 15 is 0 Å². The predicted octanol–water partition coefficient (Wildman–Crippen LogP) is 7.01. The van der Waals surface area contributed by atoms with Gasteiger partial charge in [0.1, 0.15) is 6.61 Å². The van der Waals surface area contributed by atoms with Crippen LogP contribution in [0.5, 0.6) is 11.5 Å². The molecule has 2 aromatic carbocycles. The second kappa shape index (κ2) is 11.8. The molecular weight excluding hydrogens is 449 g/mol. The lowest BCUT2D eigenvalue weighted by molar-refractivity contribution is 0.267. The van der Waals surface area contributed by atoms with Crippen LogP contribution in [0, 0.1) is 0 Å². The highest BCUT2D eigenvalue weighted by molar-refractivity contribution is 9.10. The van der Waals surface area contributed by atoms with Gasteiger partial charge in [0.15, 0.2) is 11.5 Å². The van der Waals surface area contributed by atoms with Crippen molar-refractivity contribution in [1.82, 2.24) is 5.32 Å². The Morgan fingerprint density at radius 2 is 1.78 bits per heavy atom. The molecule has 0 spiro atoms. The van der Waals surface area contributed by atoms with E-state index < -0.39 is 0 Å². The van der Waals surface area contributed by atoms with Crippen LogP contribution >= 0.6 is 39.1 Å². The molecule has 6 heteroatoms. The van der Waals surface area contributed by atoms with E-state index in [1.54, 1.807) is 12.1 Å². The molecule has 0 aliphatic carbocycles. The lowest BCUT2D eigenvalue weighted by Gasteiger charge is -2.16. The van der Waals surface area contributed by atoms with Crippen LogP contribution < -0.4 is 14.8 Å². The first-order chi connectivity index (χ1) is 13.1. The van der Waals surface area contributed by atoms with Gasteiger partial charge in [-0.15, -0.1) is 0 Å². The minimum absolute atomic E-state index is 0.270. The van der Waals surface area contributed by atoms with E-state index in [2.05, 4.69) is 34.2 Å². The highest BCUT2D eigenvalue weighted by Crippen LogP contribution is 2.38. The number of unbranched alkanes of at least 4 members (excludes halogenated alkanes) is 2. The average Bonchev–Trinajstić information content (AvgIpc) is 2.63. The number of hydrogen-bond donors (Lipinski definition) is 1. The lowest BCUT2D eigenvalue weighted by atomic mass is 10.2. The second-order valence-corrected chi connectivity index (χ2v) is 7.88. The highest BCUT2D eigenvalue weighted by atomic mass is 79.9. The van der Waals surface area contributed by atoms with Gasteiger partial charge in [-0.1, -0.05) is 49.0 Å². The summed E-state index contributed by atoms with van der Waals surface area (Å²) in [5.74, 6) is 1.36. The quantitative estimate of drug-likeness (QED) is 0.355. The van der Waals surface area contributed by atoms with Crippen molar-refractivity contribution in [3.63, 3.8) is 0 Å². The van der Waals surface area contributed by atoms with Gasteiger partial charge in [0.2, 0.25) is 0 Å². The van der Waals surface area contributed by atoms with Crippen molar-refractivity contribution in [3.8, 4) is 11.5 Å². The van der Waals surface area contributed by atoms with E-state index in [4.69, 9.17) is 32.7 Å². The Kier molecular flexibility index (Phi) is 9.77. The van der Waals surface area contributed by atoms with Crippen LogP contribution in [0.3, 0.4) is 0 Å². The molecule has 0 fully saturated rings. The van der Waals surface area contributed by atoms with Gasteiger partial charge in [-0.25, -0.2) is 0 Å². The SMILES string of the molecule is CCCCCNCc1cc(Br)c(OCc2c(Cl)cccc2Cl)c(OCC)c1. The maximum atomic E-state index is 6.24. The van der Waals surface area contributed by atoms with E-state index in [0.717, 1.165) is 28.7 Å². The van der Waals surface area contributed by atoms with Crippen molar-refractivity contribution in [2.24, 2.45) is 0 Å². The first-order valence-corrected chi connectivity index (χ1v) is 10.8. The van der Waals surface area contributed by atoms with Crippen molar-refractivity contribution in [2.45, 2.75) is 46.3 Å². The van der Waals surface area contributed by atoms with Crippen LogP contribution in [0.2, 0.25) is 10.0 Å². The molecule has 0 saturated heterocycles. The van der Waals surface area contributed by atoms with Crippen molar-refractivity contribution in [1.29, 1.82) is 0 Å². The van der Waals surface area contributed by atoms with Crippen molar-refractivity contribution in [3.05, 3.63) is 56.0 Å². The smallest absolute Gasteiger partial charge is 0.175 e. The molecule has 0 atom stereocenters. The van der Waals surface area contributed by atoms with Crippen molar-refractivity contribution in [2.75, 3.05) is 13.2 Å². The molecular formula is C21H26BrCl2NO2. The first kappa shape index (κ1) is 22.4. The van der Waals surface area contributed by atoms with Crippen LogP contribution in [-0.4, -0.2) is 13.2 Å². The van der Waals surface area contributed by atoms with Crippen molar-refractivity contribution < 1.29 is 9.47 Å². The summed E-state index contributed by atoms with van der Waals surface area (Å²) < 4.78 is 12.7. The van der Waals surface area contributed by atoms with E-state index in [1.165, 1.54) is 19.3 Å². The van der Waals surface area contributed by atoms with Gasteiger partial charge < -0.3 is 14.8 Å². The fraction of sp³-hybridized carbons (Fsp3) is 0.429. The topological polar surface area (TPSA) is 30.5 Å². The van der Waals surface area contributed by atoms with E-state index in [1.807, 2.05) is 19.1 Å². The van der Waals surface area contributed by atoms with Gasteiger partial charge in [0, 0.05) is 22.2 Å². The zero-order chi connectivity index (χ0) is 19.6. The average molecular weight is 475 g/mol. The molecule has 1 N–H and O–H groups in total. The van der Waals surface area contributed by atoms with Crippen LogP contribution in [0.4, 0.5) is 0 Å². The van der Waals surface area contributed by atoms with Crippen LogP contribution in [0.1, 0.15) is 44.2 Å². The molecule has 27 heavy (non-hydrogen) atoms. The Morgan fingerprint density at radius 3 is 2.44 bits per heavy atom. The summed E-state index contributed by atoms with van der Waals surface area (Å²) in [6.45, 7) is 6.80. The fourth-order valence-electron chi connectivity index (χ4n) is 2.67. The highest BCUT2D eigenvalue weighted by Gasteiger charge is 2.14. The van der Waals surface area contributed by atoms with Gasteiger partial charge in [-0.05, 0) is 65.6 Å². The largest absolute Gasteiger partial charge is 0.490 e. The normalized spacial score (nSPS) is 10.9. The van der Waals surface area contributed by atoms with Gasteiger partial charge in [-0.3, -0.25) is 0 Å². The summed E-state index contributed by atoms with van der Waals surface area (Å²) in [7, 11) is 0. The monoisotopic (exact) mass is 473 g/mol. The minimum atomic E-state index is 0.270. The molecule has 0 radical (unpaired) electrons. The molecule has 0 aromatic heterocycles. The molecule has 0 unspecified atom stereocenters. The van der Waals surface area contributed by atoms with Crippen LogP contribution in [0.25, 0.3) is 0 Å². The third-order valence-electron chi connectivity index (χ3n) is 4.08. The molecule has 2 aromatic rings. The van der Waals surface area contributed by atoms with Gasteiger partial charge >= 0.3 is 0 Å². The van der Waals surface area contributed by atoms with Crippen LogP contribution in [-0.2, 0) is 13.2 Å². The number of ether oxygens (including phenoxy) is 2. The summed E-state index contributed by atoms with van der Waals surface area (Å²) in [5.41, 5.74) is 1.90. The third kappa shape index (κ3) is 6.86. The molecule has 0 aliphatic rings.